The Morgan fingerprint density at radius 3 is 2.46 bits per heavy atom. The van der Waals surface area contributed by atoms with Gasteiger partial charge >= 0.3 is 0 Å². The van der Waals surface area contributed by atoms with Crippen molar-refractivity contribution in [3.63, 3.8) is 0 Å². The number of rotatable bonds is 1. The number of hydrogen-bond acceptors (Lipinski definition) is 1. The van der Waals surface area contributed by atoms with Crippen LogP contribution < -0.4 is 0 Å². The summed E-state index contributed by atoms with van der Waals surface area (Å²) >= 11 is 0. The highest BCUT2D eigenvalue weighted by molar-refractivity contribution is 5.76. The minimum atomic E-state index is 0.739. The average Bonchev–Trinajstić information content (AvgIpc) is 2.13. The number of nitriles is 1. The second-order valence-corrected chi connectivity index (χ2v) is 3.11. The van der Waals surface area contributed by atoms with Crippen molar-refractivity contribution in [2.24, 2.45) is 0 Å². The number of nitrogens with zero attached hydrogens (tertiary/aromatic N) is 1. The molecule has 0 N–H and O–H groups in total. The number of benzene rings is 1. The maximum absolute atomic E-state index is 8.82. The van der Waals surface area contributed by atoms with Crippen LogP contribution in [0.1, 0.15) is 23.6 Å². The van der Waals surface area contributed by atoms with Gasteiger partial charge in [0.25, 0.3) is 0 Å². The Hall–Kier alpha value is -1.55. The lowest BCUT2D eigenvalue weighted by atomic mass is 10.0. The fourth-order valence-corrected chi connectivity index (χ4v) is 1.20. The first-order valence-corrected chi connectivity index (χ1v) is 4.33. The summed E-state index contributed by atoms with van der Waals surface area (Å²) in [5.41, 5.74) is 4.24. The van der Waals surface area contributed by atoms with Gasteiger partial charge in [0, 0.05) is 0 Å². The maximum Gasteiger partial charge on any atom is 0.0994 e. The largest absolute Gasteiger partial charge is 0.192 e. The highest BCUT2D eigenvalue weighted by Gasteiger charge is 2.00. The van der Waals surface area contributed by atoms with Crippen molar-refractivity contribution < 1.29 is 0 Å². The molecule has 0 heterocycles. The van der Waals surface area contributed by atoms with Gasteiger partial charge in [0.1, 0.15) is 0 Å². The molecule has 0 saturated carbocycles. The van der Waals surface area contributed by atoms with Crippen LogP contribution in [0.25, 0.3) is 5.57 Å². The van der Waals surface area contributed by atoms with Gasteiger partial charge in [-0.05, 0) is 37.5 Å². The Labute approximate surface area is 79.3 Å². The lowest BCUT2D eigenvalue weighted by Gasteiger charge is -2.02. The summed E-state index contributed by atoms with van der Waals surface area (Å²) in [6, 6.07) is 8.26. The molecule has 13 heavy (non-hydrogen) atoms. The predicted molar refractivity (Wildman–Crippen MR) is 55.2 cm³/mol. The normalized spacial score (nSPS) is 11.1. The van der Waals surface area contributed by atoms with Crippen molar-refractivity contribution in [3.05, 3.63) is 41.0 Å². The van der Waals surface area contributed by atoms with Crippen molar-refractivity contribution in [2.45, 2.75) is 20.8 Å². The van der Waals surface area contributed by atoms with Crippen LogP contribution in [0.15, 0.2) is 24.3 Å². The lowest BCUT2D eigenvalue weighted by molar-refractivity contribution is 1.33. The smallest absolute Gasteiger partial charge is 0.0994 e. The highest BCUT2D eigenvalue weighted by atomic mass is 14.2. The van der Waals surface area contributed by atoms with Gasteiger partial charge in [0.15, 0.2) is 0 Å². The first kappa shape index (κ1) is 9.54. The Kier molecular flexibility index (Phi) is 2.87. The third kappa shape index (κ3) is 1.97. The second kappa shape index (κ2) is 3.91. The molecule has 1 rings (SSSR count). The van der Waals surface area contributed by atoms with E-state index in [1.165, 1.54) is 11.1 Å². The highest BCUT2D eigenvalue weighted by Crippen LogP contribution is 2.17. The molecule has 0 aliphatic heterocycles. The van der Waals surface area contributed by atoms with E-state index in [0.29, 0.717) is 0 Å². The Morgan fingerprint density at radius 2 is 2.00 bits per heavy atom. The van der Waals surface area contributed by atoms with E-state index in [1.54, 1.807) is 0 Å². The van der Waals surface area contributed by atoms with Crippen LogP contribution in [-0.2, 0) is 0 Å². The molecule has 0 aliphatic carbocycles. The first-order chi connectivity index (χ1) is 6.19. The van der Waals surface area contributed by atoms with Gasteiger partial charge in [0.2, 0.25) is 0 Å². The average molecular weight is 171 g/mol. The molecule has 0 bridgehead atoms. The van der Waals surface area contributed by atoms with E-state index in [-0.39, 0.29) is 0 Å². The third-order valence-electron chi connectivity index (χ3n) is 2.23. The monoisotopic (exact) mass is 171 g/mol. The van der Waals surface area contributed by atoms with Gasteiger partial charge in [-0.3, -0.25) is 0 Å². The fourth-order valence-electron chi connectivity index (χ4n) is 1.20. The SMILES string of the molecule is C/C=C(/C#N)c1ccc(C)c(C)c1. The minimum Gasteiger partial charge on any atom is -0.192 e. The molecular weight excluding hydrogens is 158 g/mol. The fraction of sp³-hybridized carbons (Fsp3) is 0.250. The maximum atomic E-state index is 8.82. The molecule has 1 nitrogen and oxygen atoms in total. The van der Waals surface area contributed by atoms with E-state index in [1.807, 2.05) is 31.2 Å². The molecule has 0 amide bonds. The standard InChI is InChI=1S/C12H13N/c1-4-11(8-13)12-6-5-9(2)10(3)7-12/h4-7H,1-3H3/b11-4-. The Balaban J connectivity index is 3.20. The van der Waals surface area contributed by atoms with E-state index in [4.69, 9.17) is 5.26 Å². The van der Waals surface area contributed by atoms with Crippen molar-refractivity contribution in [1.82, 2.24) is 0 Å². The van der Waals surface area contributed by atoms with Crippen LogP contribution in [0.5, 0.6) is 0 Å². The Bertz CT molecular complexity index is 381. The third-order valence-corrected chi connectivity index (χ3v) is 2.23. The summed E-state index contributed by atoms with van der Waals surface area (Å²) in [7, 11) is 0. The van der Waals surface area contributed by atoms with Gasteiger partial charge in [-0.25, -0.2) is 0 Å². The molecule has 0 radical (unpaired) electrons. The molecule has 66 valence electrons. The molecule has 0 aliphatic rings. The van der Waals surface area contributed by atoms with Crippen molar-refractivity contribution in [1.29, 1.82) is 5.26 Å². The van der Waals surface area contributed by atoms with E-state index >= 15 is 0 Å². The number of allylic oxidation sites excluding steroid dienone is 2. The van der Waals surface area contributed by atoms with Crippen molar-refractivity contribution in [2.75, 3.05) is 0 Å². The first-order valence-electron chi connectivity index (χ1n) is 4.33. The van der Waals surface area contributed by atoms with Crippen LogP contribution in [0, 0.1) is 25.2 Å². The molecule has 0 atom stereocenters. The lowest BCUT2D eigenvalue weighted by Crippen LogP contribution is -1.85. The van der Waals surface area contributed by atoms with Crippen LogP contribution in [0.3, 0.4) is 0 Å². The zero-order chi connectivity index (χ0) is 9.84. The van der Waals surface area contributed by atoms with Crippen molar-refractivity contribution in [3.8, 4) is 6.07 Å². The van der Waals surface area contributed by atoms with Gasteiger partial charge in [0.05, 0.1) is 11.6 Å². The summed E-state index contributed by atoms with van der Waals surface area (Å²) in [6.07, 6.45) is 1.84. The van der Waals surface area contributed by atoms with Crippen LogP contribution in [0.4, 0.5) is 0 Å². The molecule has 0 spiro atoms. The van der Waals surface area contributed by atoms with Crippen molar-refractivity contribution >= 4 is 5.57 Å². The van der Waals surface area contributed by atoms with E-state index in [2.05, 4.69) is 19.9 Å². The molecule has 0 saturated heterocycles. The number of aryl methyl sites for hydroxylation is 2. The zero-order valence-electron chi connectivity index (χ0n) is 8.26. The van der Waals surface area contributed by atoms with E-state index in [9.17, 15) is 0 Å². The summed E-state index contributed by atoms with van der Waals surface area (Å²) in [5.74, 6) is 0. The molecule has 1 aromatic rings. The van der Waals surface area contributed by atoms with Crippen LogP contribution in [0.2, 0.25) is 0 Å². The Morgan fingerprint density at radius 1 is 1.31 bits per heavy atom. The summed E-state index contributed by atoms with van der Waals surface area (Å²) in [6.45, 7) is 6.01. The summed E-state index contributed by atoms with van der Waals surface area (Å²) in [5, 5.41) is 8.82. The summed E-state index contributed by atoms with van der Waals surface area (Å²) in [4.78, 5) is 0. The van der Waals surface area contributed by atoms with Gasteiger partial charge in [-0.2, -0.15) is 5.26 Å². The van der Waals surface area contributed by atoms with E-state index < -0.39 is 0 Å². The van der Waals surface area contributed by atoms with Gasteiger partial charge in [-0.1, -0.05) is 24.3 Å². The molecule has 0 fully saturated rings. The quantitative estimate of drug-likeness (QED) is 0.595. The topological polar surface area (TPSA) is 23.8 Å². The van der Waals surface area contributed by atoms with Crippen LogP contribution in [-0.4, -0.2) is 0 Å². The van der Waals surface area contributed by atoms with Crippen LogP contribution >= 0.6 is 0 Å². The second-order valence-electron chi connectivity index (χ2n) is 3.11. The minimum absolute atomic E-state index is 0.739. The molecule has 0 aromatic heterocycles. The van der Waals surface area contributed by atoms with Gasteiger partial charge < -0.3 is 0 Å². The molecule has 0 unspecified atom stereocenters. The van der Waals surface area contributed by atoms with E-state index in [0.717, 1.165) is 11.1 Å². The number of hydrogen-bond donors (Lipinski definition) is 0. The predicted octanol–water partition coefficient (Wildman–Crippen LogP) is 3.23. The zero-order valence-corrected chi connectivity index (χ0v) is 8.26. The molecule has 1 heteroatoms. The molecular formula is C12H13N. The van der Waals surface area contributed by atoms with Gasteiger partial charge in [-0.15, -0.1) is 0 Å². The summed E-state index contributed by atoms with van der Waals surface area (Å²) < 4.78 is 0. The molecule has 1 aromatic carbocycles.